The third-order valence-electron chi connectivity index (χ3n) is 12.1. The Kier molecular flexibility index (Phi) is 6.07. The van der Waals surface area contributed by atoms with E-state index in [0.29, 0.717) is 29.7 Å². The summed E-state index contributed by atoms with van der Waals surface area (Å²) >= 11 is 0. The third-order valence-corrected chi connectivity index (χ3v) is 12.1. The SMILES string of the molecule is COc1ccc(C(=O)OC2CC(=O)OC(C)(C)[C@@H]3CC(=O)[C@]4(C)[C@H](CC[C@@]5(C)[C@H](c6ccoc6)OC(=O)[C@H]6O[C@]654)[C@@]23C)cc1. The van der Waals surface area contributed by atoms with E-state index in [2.05, 4.69) is 0 Å². The molecule has 2 saturated carbocycles. The number of ether oxygens (including phenoxy) is 5. The number of methoxy groups -OCH3 is 1. The van der Waals surface area contributed by atoms with Gasteiger partial charge in [0.05, 0.1) is 37.0 Å². The Morgan fingerprint density at radius 3 is 2.32 bits per heavy atom. The predicted octanol–water partition coefficient (Wildman–Crippen LogP) is 4.99. The van der Waals surface area contributed by atoms with E-state index in [0.717, 1.165) is 0 Å². The van der Waals surface area contributed by atoms with Gasteiger partial charge in [-0.05, 0) is 69.9 Å². The van der Waals surface area contributed by atoms with Crippen molar-refractivity contribution in [2.45, 2.75) is 89.8 Å². The van der Waals surface area contributed by atoms with Crippen LogP contribution in [-0.4, -0.2) is 54.2 Å². The van der Waals surface area contributed by atoms with Crippen molar-refractivity contribution >= 4 is 23.7 Å². The van der Waals surface area contributed by atoms with E-state index in [1.54, 1.807) is 43.7 Å². The maximum absolute atomic E-state index is 14.7. The van der Waals surface area contributed by atoms with E-state index in [1.807, 2.05) is 34.6 Å². The first-order chi connectivity index (χ1) is 20.7. The number of ketones is 1. The van der Waals surface area contributed by atoms with Crippen molar-refractivity contribution in [2.24, 2.45) is 28.1 Å². The topological polar surface area (TPSA) is 131 Å². The Bertz CT molecular complexity index is 1540. The number of carbonyl (C=O) groups excluding carboxylic acids is 4. The van der Waals surface area contributed by atoms with Gasteiger partial charge in [0.15, 0.2) is 6.10 Å². The van der Waals surface area contributed by atoms with Gasteiger partial charge >= 0.3 is 17.9 Å². The molecule has 2 aliphatic carbocycles. The first-order valence-electron chi connectivity index (χ1n) is 15.2. The molecule has 234 valence electrons. The average Bonchev–Trinajstić information content (AvgIpc) is 3.57. The lowest BCUT2D eigenvalue weighted by Gasteiger charge is -2.66. The van der Waals surface area contributed by atoms with Crippen molar-refractivity contribution in [1.29, 1.82) is 0 Å². The molecule has 2 aromatic rings. The van der Waals surface area contributed by atoms with E-state index in [9.17, 15) is 19.2 Å². The van der Waals surface area contributed by atoms with Gasteiger partial charge in [0.2, 0.25) is 0 Å². The molecule has 3 aliphatic heterocycles. The van der Waals surface area contributed by atoms with Gasteiger partial charge in [0.1, 0.15) is 34.9 Å². The van der Waals surface area contributed by atoms with Gasteiger partial charge in [0.25, 0.3) is 0 Å². The molecule has 4 heterocycles. The Labute approximate surface area is 255 Å². The van der Waals surface area contributed by atoms with Crippen LogP contribution >= 0.6 is 0 Å². The molecule has 0 amide bonds. The summed E-state index contributed by atoms with van der Waals surface area (Å²) in [7, 11) is 1.54. The zero-order chi connectivity index (χ0) is 31.4. The molecular weight excluding hydrogens is 568 g/mol. The van der Waals surface area contributed by atoms with Crippen molar-refractivity contribution in [2.75, 3.05) is 7.11 Å². The normalized spacial score (nSPS) is 41.9. The Hall–Kier alpha value is -3.66. The van der Waals surface area contributed by atoms with Crippen LogP contribution in [0.1, 0.15) is 82.3 Å². The van der Waals surface area contributed by atoms with Crippen LogP contribution in [0.3, 0.4) is 0 Å². The minimum Gasteiger partial charge on any atom is -0.497 e. The number of epoxide rings is 1. The fourth-order valence-corrected chi connectivity index (χ4v) is 9.97. The molecule has 5 aliphatic rings. The number of rotatable bonds is 4. The number of carbonyl (C=O) groups is 4. The van der Waals surface area contributed by atoms with Crippen LogP contribution in [0.15, 0.2) is 47.3 Å². The molecule has 0 N–H and O–H groups in total. The quantitative estimate of drug-likeness (QED) is 0.266. The second-order valence-corrected chi connectivity index (χ2v) is 14.3. The van der Waals surface area contributed by atoms with Crippen LogP contribution in [0.4, 0.5) is 0 Å². The van der Waals surface area contributed by atoms with E-state index in [4.69, 9.17) is 28.1 Å². The van der Waals surface area contributed by atoms with E-state index >= 15 is 0 Å². The number of esters is 3. The molecule has 3 saturated heterocycles. The molecule has 10 nitrogen and oxygen atoms in total. The maximum Gasteiger partial charge on any atom is 0.339 e. The number of benzene rings is 1. The summed E-state index contributed by atoms with van der Waals surface area (Å²) in [6.07, 6.45) is 1.68. The molecule has 1 spiro atoms. The lowest BCUT2D eigenvalue weighted by molar-refractivity contribution is -0.231. The van der Waals surface area contributed by atoms with E-state index in [-0.39, 0.29) is 18.6 Å². The Morgan fingerprint density at radius 1 is 0.932 bits per heavy atom. The Morgan fingerprint density at radius 2 is 1.66 bits per heavy atom. The summed E-state index contributed by atoms with van der Waals surface area (Å²) < 4.78 is 35.3. The maximum atomic E-state index is 14.7. The number of cyclic esters (lactones) is 2. The van der Waals surface area contributed by atoms with Gasteiger partial charge in [-0.3, -0.25) is 9.59 Å². The second kappa shape index (κ2) is 9.19. The largest absolute Gasteiger partial charge is 0.497 e. The summed E-state index contributed by atoms with van der Waals surface area (Å²) in [5.74, 6) is -1.89. The summed E-state index contributed by atoms with van der Waals surface area (Å²) in [5.41, 5.74) is -3.90. The molecule has 7 rings (SSSR count). The van der Waals surface area contributed by atoms with Gasteiger partial charge in [0, 0.05) is 28.7 Å². The predicted molar refractivity (Wildman–Crippen MR) is 152 cm³/mol. The molecule has 9 atom stereocenters. The summed E-state index contributed by atoms with van der Waals surface area (Å²) in [6.45, 7) is 9.62. The van der Waals surface area contributed by atoms with Crippen molar-refractivity contribution in [1.82, 2.24) is 0 Å². The van der Waals surface area contributed by atoms with E-state index < -0.39 is 75.5 Å². The molecule has 5 fully saturated rings. The first kappa shape index (κ1) is 29.1. The van der Waals surface area contributed by atoms with Crippen molar-refractivity contribution in [3.05, 3.63) is 54.0 Å². The van der Waals surface area contributed by atoms with Gasteiger partial charge in [-0.25, -0.2) is 9.59 Å². The fraction of sp³-hybridized carbons (Fsp3) is 0.588. The minimum absolute atomic E-state index is 0.0506. The standard InChI is InChI=1S/C34H38O10/c1-30(2)22-15-23(35)33(5)21(11-13-31(3)26(19-12-14-40-17-19)42-29(38)27-34(31,33)44-27)32(22,4)24(16-25(36)43-30)41-28(37)18-7-9-20(39-6)10-8-18/h7-10,12,14,17,21-22,24,26-27H,11,13,15-16H2,1-6H3/t21-,22+,24?,26+,27-,31+,32-,33+,34-/m1/s1. The highest BCUT2D eigenvalue weighted by molar-refractivity contribution is 5.94. The van der Waals surface area contributed by atoms with E-state index in [1.165, 1.54) is 6.26 Å². The first-order valence-corrected chi connectivity index (χ1v) is 15.2. The van der Waals surface area contributed by atoms with Crippen molar-refractivity contribution in [3.63, 3.8) is 0 Å². The molecule has 44 heavy (non-hydrogen) atoms. The highest BCUT2D eigenvalue weighted by Gasteiger charge is 2.88. The highest BCUT2D eigenvalue weighted by Crippen LogP contribution is 2.78. The van der Waals surface area contributed by atoms with Gasteiger partial charge in [-0.2, -0.15) is 0 Å². The number of fused-ring (bicyclic) bond motifs is 3. The number of Topliss-reactive ketones (excluding diaryl/α,β-unsaturated/α-hetero) is 1. The third kappa shape index (κ3) is 3.51. The molecule has 0 radical (unpaired) electrons. The molecule has 1 unspecified atom stereocenters. The van der Waals surface area contributed by atoms with Crippen LogP contribution in [0.25, 0.3) is 0 Å². The van der Waals surface area contributed by atoms with Crippen LogP contribution in [-0.2, 0) is 33.3 Å². The summed E-state index contributed by atoms with van der Waals surface area (Å²) in [6, 6.07) is 8.36. The number of hydrogen-bond donors (Lipinski definition) is 0. The van der Waals surface area contributed by atoms with Crippen LogP contribution < -0.4 is 4.74 Å². The molecule has 0 bridgehead atoms. The van der Waals surface area contributed by atoms with Gasteiger partial charge in [-0.1, -0.05) is 13.8 Å². The molecule has 1 aromatic heterocycles. The zero-order valence-corrected chi connectivity index (χ0v) is 25.8. The molecule has 1 aromatic carbocycles. The van der Waals surface area contributed by atoms with Crippen molar-refractivity contribution in [3.8, 4) is 5.75 Å². The van der Waals surface area contributed by atoms with Crippen molar-refractivity contribution < 1.29 is 47.3 Å². The minimum atomic E-state index is -1.15. The average molecular weight is 607 g/mol. The summed E-state index contributed by atoms with van der Waals surface area (Å²) in [5, 5.41) is 0. The monoisotopic (exact) mass is 606 g/mol. The van der Waals surface area contributed by atoms with Crippen LogP contribution in [0, 0.1) is 28.1 Å². The van der Waals surface area contributed by atoms with Gasteiger partial charge in [-0.15, -0.1) is 0 Å². The number of hydrogen-bond acceptors (Lipinski definition) is 10. The second-order valence-electron chi connectivity index (χ2n) is 14.3. The molecular formula is C34H38O10. The van der Waals surface area contributed by atoms with Crippen LogP contribution in [0.5, 0.6) is 5.75 Å². The highest BCUT2D eigenvalue weighted by atomic mass is 16.7. The molecule has 10 heteroatoms. The number of furan rings is 1. The smallest absolute Gasteiger partial charge is 0.339 e. The van der Waals surface area contributed by atoms with Gasteiger partial charge < -0.3 is 28.1 Å². The zero-order valence-electron chi connectivity index (χ0n) is 25.8. The Balaban J connectivity index is 1.34. The lowest BCUT2D eigenvalue weighted by atomic mass is 9.37. The van der Waals surface area contributed by atoms with Crippen LogP contribution in [0.2, 0.25) is 0 Å². The summed E-state index contributed by atoms with van der Waals surface area (Å²) in [4.78, 5) is 54.9. The lowest BCUT2D eigenvalue weighted by Crippen LogP contribution is -2.72. The fourth-order valence-electron chi connectivity index (χ4n) is 9.97.